The summed E-state index contributed by atoms with van der Waals surface area (Å²) >= 11 is 6.82. The smallest absolute Gasteiger partial charge is 0.188 e. The first-order valence-electron chi connectivity index (χ1n) is 9.69. The van der Waals surface area contributed by atoms with E-state index < -0.39 is 0 Å². The molecule has 1 saturated heterocycles. The minimum absolute atomic E-state index is 0.0265. The molecule has 0 aliphatic carbocycles. The fraction of sp³-hybridized carbons (Fsp3) is 0.333. The zero-order chi connectivity index (χ0) is 20.5. The van der Waals surface area contributed by atoms with Crippen molar-refractivity contribution >= 4 is 48.1 Å². The average molecular weight is 506 g/mol. The molecular weight excluding hydrogens is 486 g/mol. The number of methoxy groups -OCH3 is 1. The van der Waals surface area contributed by atoms with Gasteiger partial charge in [0.05, 0.1) is 20.2 Å². The number of thiophene rings is 1. The third-order valence-corrected chi connectivity index (χ3v) is 7.69. The molecule has 30 heavy (non-hydrogen) atoms. The van der Waals surface area contributed by atoms with Crippen LogP contribution in [0, 0.1) is 0 Å². The Morgan fingerprint density at radius 1 is 1.23 bits per heavy atom. The van der Waals surface area contributed by atoms with Gasteiger partial charge in [-0.3, -0.25) is 0 Å². The van der Waals surface area contributed by atoms with E-state index in [1.54, 1.807) is 29.8 Å². The predicted molar refractivity (Wildman–Crippen MR) is 123 cm³/mol. The summed E-state index contributed by atoms with van der Waals surface area (Å²) in [4.78, 5) is 5.82. The molecule has 1 atom stereocenters. The highest BCUT2D eigenvalue weighted by molar-refractivity contribution is 9.11. The molecule has 0 spiro atoms. The van der Waals surface area contributed by atoms with E-state index in [2.05, 4.69) is 39.2 Å². The summed E-state index contributed by atoms with van der Waals surface area (Å²) in [7, 11) is 1.62. The monoisotopic (exact) mass is 505 g/mol. The topological polar surface area (TPSA) is 58.4 Å². The molecule has 1 aromatic carbocycles. The maximum absolute atomic E-state index is 5.91. The number of aromatic nitrogens is 3. The Hall–Kier alpha value is -1.78. The average Bonchev–Trinajstić information content (AvgIpc) is 3.47. The molecule has 4 heterocycles. The van der Waals surface area contributed by atoms with Crippen molar-refractivity contribution in [1.82, 2.24) is 14.8 Å². The number of nitrogens with zero attached hydrogens (tertiary/aromatic N) is 3. The van der Waals surface area contributed by atoms with Crippen LogP contribution in [0.1, 0.15) is 25.5 Å². The van der Waals surface area contributed by atoms with Gasteiger partial charge in [0.15, 0.2) is 6.79 Å². The molecular formula is C21H20BrN3O3S2. The molecule has 1 aliphatic rings. The van der Waals surface area contributed by atoms with Gasteiger partial charge in [-0.25, -0.2) is 9.67 Å². The molecule has 3 aromatic heterocycles. The Balaban J connectivity index is 1.48. The maximum Gasteiger partial charge on any atom is 0.188 e. The van der Waals surface area contributed by atoms with Gasteiger partial charge < -0.3 is 14.2 Å². The normalized spacial score (nSPS) is 16.9. The van der Waals surface area contributed by atoms with Gasteiger partial charge >= 0.3 is 0 Å². The van der Waals surface area contributed by atoms with Crippen LogP contribution in [0.2, 0.25) is 0 Å². The second-order valence-electron chi connectivity index (χ2n) is 7.03. The summed E-state index contributed by atoms with van der Waals surface area (Å²) in [5.74, 6) is 0.747. The fourth-order valence-electron chi connectivity index (χ4n) is 3.52. The third kappa shape index (κ3) is 4.04. The SMILES string of the molecule is COCOc1cc(-c2cnn(C3CCCCO3)c2)ccc1-c1nc2sc(Br)cc2s1. The van der Waals surface area contributed by atoms with Crippen LogP contribution in [-0.4, -0.2) is 35.3 Å². The molecule has 0 saturated carbocycles. The van der Waals surface area contributed by atoms with Crippen LogP contribution < -0.4 is 4.74 Å². The van der Waals surface area contributed by atoms with E-state index in [4.69, 9.17) is 19.2 Å². The van der Waals surface area contributed by atoms with Gasteiger partial charge in [-0.2, -0.15) is 5.10 Å². The quantitative estimate of drug-likeness (QED) is 0.286. The highest BCUT2D eigenvalue weighted by Gasteiger charge is 2.18. The molecule has 1 unspecified atom stereocenters. The van der Waals surface area contributed by atoms with E-state index in [1.165, 1.54) is 6.42 Å². The van der Waals surface area contributed by atoms with E-state index >= 15 is 0 Å². The standard InChI is InChI=1S/C21H20BrN3O3S2/c1-26-12-28-16-8-13(14-10-23-25(11-14)19-4-2-3-7-27-19)5-6-15(16)20-24-21-17(29-20)9-18(22)30-21/h5-6,8-11,19H,2-4,7,12H2,1H3. The lowest BCUT2D eigenvalue weighted by molar-refractivity contribution is -0.0394. The van der Waals surface area contributed by atoms with E-state index in [0.29, 0.717) is 0 Å². The Kier molecular flexibility index (Phi) is 5.88. The molecule has 156 valence electrons. The Labute approximate surface area is 190 Å². The summed E-state index contributed by atoms with van der Waals surface area (Å²) in [5, 5.41) is 5.47. The number of fused-ring (bicyclic) bond motifs is 1. The van der Waals surface area contributed by atoms with E-state index in [1.807, 2.05) is 23.1 Å². The van der Waals surface area contributed by atoms with Crippen LogP contribution in [0.15, 0.2) is 40.4 Å². The Bertz CT molecular complexity index is 1130. The van der Waals surface area contributed by atoms with Crippen molar-refractivity contribution in [2.75, 3.05) is 20.5 Å². The largest absolute Gasteiger partial charge is 0.467 e. The number of hydrogen-bond donors (Lipinski definition) is 0. The summed E-state index contributed by atoms with van der Waals surface area (Å²) in [6.07, 6.45) is 7.24. The molecule has 6 nitrogen and oxygen atoms in total. The first kappa shape index (κ1) is 20.1. The molecule has 1 aliphatic heterocycles. The van der Waals surface area contributed by atoms with Crippen LogP contribution in [-0.2, 0) is 9.47 Å². The van der Waals surface area contributed by atoms with Gasteiger partial charge in [-0.05, 0) is 59.0 Å². The van der Waals surface area contributed by atoms with Crippen molar-refractivity contribution in [1.29, 1.82) is 0 Å². The minimum atomic E-state index is 0.0265. The molecule has 5 rings (SSSR count). The van der Waals surface area contributed by atoms with Gasteiger partial charge in [-0.1, -0.05) is 6.07 Å². The van der Waals surface area contributed by atoms with E-state index in [0.717, 1.165) is 60.2 Å². The Morgan fingerprint density at radius 3 is 2.97 bits per heavy atom. The van der Waals surface area contributed by atoms with Crippen LogP contribution in [0.3, 0.4) is 0 Å². The van der Waals surface area contributed by atoms with Gasteiger partial charge in [0.1, 0.15) is 21.8 Å². The van der Waals surface area contributed by atoms with Crippen LogP contribution in [0.25, 0.3) is 31.2 Å². The van der Waals surface area contributed by atoms with E-state index in [-0.39, 0.29) is 13.0 Å². The van der Waals surface area contributed by atoms with Crippen molar-refractivity contribution in [2.45, 2.75) is 25.5 Å². The molecule has 4 aromatic rings. The summed E-state index contributed by atoms with van der Waals surface area (Å²) in [5.41, 5.74) is 3.03. The summed E-state index contributed by atoms with van der Waals surface area (Å²) in [6, 6.07) is 8.28. The van der Waals surface area contributed by atoms with Crippen LogP contribution in [0.4, 0.5) is 0 Å². The lowest BCUT2D eigenvalue weighted by Gasteiger charge is -2.22. The molecule has 0 radical (unpaired) electrons. The van der Waals surface area contributed by atoms with Crippen molar-refractivity contribution in [3.8, 4) is 27.4 Å². The lowest BCUT2D eigenvalue weighted by atomic mass is 10.1. The predicted octanol–water partition coefficient (Wildman–Crippen LogP) is 6.33. The second kappa shape index (κ2) is 8.76. The highest BCUT2D eigenvalue weighted by Crippen LogP contribution is 2.41. The highest BCUT2D eigenvalue weighted by atomic mass is 79.9. The summed E-state index contributed by atoms with van der Waals surface area (Å²) < 4.78 is 21.1. The van der Waals surface area contributed by atoms with Crippen molar-refractivity contribution in [2.24, 2.45) is 0 Å². The zero-order valence-electron chi connectivity index (χ0n) is 16.3. The van der Waals surface area contributed by atoms with Crippen molar-refractivity contribution in [3.63, 3.8) is 0 Å². The first-order valence-corrected chi connectivity index (χ1v) is 12.1. The number of hydrogen-bond acceptors (Lipinski definition) is 7. The number of benzene rings is 1. The summed E-state index contributed by atoms with van der Waals surface area (Å²) in [6.45, 7) is 0.975. The van der Waals surface area contributed by atoms with Gasteiger partial charge in [0.25, 0.3) is 0 Å². The Morgan fingerprint density at radius 2 is 2.17 bits per heavy atom. The second-order valence-corrected chi connectivity index (χ2v) is 10.5. The lowest BCUT2D eigenvalue weighted by Crippen LogP contribution is -2.18. The molecule has 0 N–H and O–H groups in total. The third-order valence-electron chi connectivity index (χ3n) is 4.99. The van der Waals surface area contributed by atoms with Crippen molar-refractivity contribution < 1.29 is 14.2 Å². The van der Waals surface area contributed by atoms with E-state index in [9.17, 15) is 0 Å². The van der Waals surface area contributed by atoms with Crippen LogP contribution >= 0.6 is 38.6 Å². The maximum atomic E-state index is 5.91. The minimum Gasteiger partial charge on any atom is -0.467 e. The van der Waals surface area contributed by atoms with Crippen LogP contribution in [0.5, 0.6) is 5.75 Å². The zero-order valence-corrected chi connectivity index (χ0v) is 19.6. The van der Waals surface area contributed by atoms with Gasteiger partial charge in [-0.15, -0.1) is 22.7 Å². The van der Waals surface area contributed by atoms with Crippen molar-refractivity contribution in [3.05, 3.63) is 40.4 Å². The number of thiazole rings is 1. The van der Waals surface area contributed by atoms with Gasteiger partial charge in [0.2, 0.25) is 0 Å². The first-order chi connectivity index (χ1) is 14.7. The number of halogens is 1. The molecule has 0 bridgehead atoms. The van der Waals surface area contributed by atoms with Gasteiger partial charge in [0, 0.05) is 25.5 Å². The fourth-order valence-corrected chi connectivity index (χ4v) is 6.33. The molecule has 9 heteroatoms. The number of ether oxygens (including phenoxy) is 3. The molecule has 0 amide bonds. The molecule has 1 fully saturated rings. The number of rotatable bonds is 6.